The fourth-order valence-corrected chi connectivity index (χ4v) is 1.96. The maximum atomic E-state index is 12.0. The van der Waals surface area contributed by atoms with Crippen molar-refractivity contribution in [1.82, 2.24) is 14.9 Å². The minimum absolute atomic E-state index is 0.0769. The standard InChI is InChI=1S/C11H15N3O4/c15-10(16)6-18-8-1-3-14(4-2-8)11(17)9-5-12-7-13-9/h5,7-8H,1-4,6H2,(H,12,13)(H,15,16). The molecule has 1 aromatic rings. The van der Waals surface area contributed by atoms with Crippen molar-refractivity contribution in [1.29, 1.82) is 0 Å². The summed E-state index contributed by atoms with van der Waals surface area (Å²) in [4.78, 5) is 30.6. The van der Waals surface area contributed by atoms with Crippen LogP contribution in [0, 0.1) is 0 Å². The molecule has 1 aromatic heterocycles. The van der Waals surface area contributed by atoms with Gasteiger partial charge in [-0.1, -0.05) is 0 Å². The molecule has 0 radical (unpaired) electrons. The van der Waals surface area contributed by atoms with Crippen LogP contribution in [0.25, 0.3) is 0 Å². The summed E-state index contributed by atoms with van der Waals surface area (Å²) in [5.74, 6) is -1.05. The molecule has 98 valence electrons. The zero-order valence-corrected chi connectivity index (χ0v) is 9.83. The van der Waals surface area contributed by atoms with Crippen molar-refractivity contribution in [2.75, 3.05) is 19.7 Å². The lowest BCUT2D eigenvalue weighted by molar-refractivity contribution is -0.145. The Kier molecular flexibility index (Phi) is 3.93. The van der Waals surface area contributed by atoms with E-state index in [-0.39, 0.29) is 18.6 Å². The molecule has 2 rings (SSSR count). The summed E-state index contributed by atoms with van der Waals surface area (Å²) >= 11 is 0. The van der Waals surface area contributed by atoms with E-state index in [9.17, 15) is 9.59 Å². The highest BCUT2D eigenvalue weighted by Gasteiger charge is 2.24. The Morgan fingerprint density at radius 1 is 1.50 bits per heavy atom. The summed E-state index contributed by atoms with van der Waals surface area (Å²) in [5, 5.41) is 8.51. The van der Waals surface area contributed by atoms with Gasteiger partial charge in [0.15, 0.2) is 0 Å². The number of carbonyl (C=O) groups excluding carboxylic acids is 1. The molecule has 1 aliphatic heterocycles. The number of H-pyrrole nitrogens is 1. The first kappa shape index (κ1) is 12.6. The van der Waals surface area contributed by atoms with Gasteiger partial charge in [-0.15, -0.1) is 0 Å². The summed E-state index contributed by atoms with van der Waals surface area (Å²) < 4.78 is 5.21. The monoisotopic (exact) mass is 253 g/mol. The molecule has 0 aromatic carbocycles. The van der Waals surface area contributed by atoms with E-state index in [0.717, 1.165) is 0 Å². The largest absolute Gasteiger partial charge is 0.480 e. The number of carboxylic acids is 1. The highest BCUT2D eigenvalue weighted by Crippen LogP contribution is 2.15. The highest BCUT2D eigenvalue weighted by atomic mass is 16.5. The first-order valence-electron chi connectivity index (χ1n) is 5.78. The van der Waals surface area contributed by atoms with Crippen LogP contribution in [-0.4, -0.2) is 57.7 Å². The Balaban J connectivity index is 1.80. The van der Waals surface area contributed by atoms with Crippen molar-refractivity contribution in [2.24, 2.45) is 0 Å². The fraction of sp³-hybridized carbons (Fsp3) is 0.545. The molecule has 0 atom stereocenters. The first-order chi connectivity index (χ1) is 8.66. The second kappa shape index (κ2) is 5.63. The second-order valence-corrected chi connectivity index (χ2v) is 4.16. The van der Waals surface area contributed by atoms with Crippen molar-refractivity contribution in [3.05, 3.63) is 18.2 Å². The molecule has 1 amide bonds. The number of aliphatic carboxylic acids is 1. The Morgan fingerprint density at radius 3 is 2.78 bits per heavy atom. The van der Waals surface area contributed by atoms with Gasteiger partial charge >= 0.3 is 5.97 Å². The highest BCUT2D eigenvalue weighted by molar-refractivity contribution is 5.92. The van der Waals surface area contributed by atoms with Crippen molar-refractivity contribution in [3.8, 4) is 0 Å². The van der Waals surface area contributed by atoms with Gasteiger partial charge in [-0.25, -0.2) is 9.78 Å². The van der Waals surface area contributed by atoms with Crippen LogP contribution in [0.15, 0.2) is 12.5 Å². The summed E-state index contributed by atoms with van der Waals surface area (Å²) in [6.07, 6.45) is 4.21. The van der Waals surface area contributed by atoms with Crippen LogP contribution >= 0.6 is 0 Å². The average Bonchev–Trinajstić information content (AvgIpc) is 2.90. The number of hydrogen-bond acceptors (Lipinski definition) is 4. The maximum Gasteiger partial charge on any atom is 0.329 e. The number of likely N-dealkylation sites (tertiary alicyclic amines) is 1. The van der Waals surface area contributed by atoms with Crippen molar-refractivity contribution in [2.45, 2.75) is 18.9 Å². The number of amides is 1. The lowest BCUT2D eigenvalue weighted by Gasteiger charge is -2.31. The van der Waals surface area contributed by atoms with Gasteiger partial charge in [0.1, 0.15) is 12.3 Å². The van der Waals surface area contributed by atoms with Crippen LogP contribution in [0.5, 0.6) is 0 Å². The van der Waals surface area contributed by atoms with E-state index in [4.69, 9.17) is 9.84 Å². The zero-order chi connectivity index (χ0) is 13.0. The number of hydrogen-bond donors (Lipinski definition) is 2. The number of nitrogens with one attached hydrogen (secondary N) is 1. The Morgan fingerprint density at radius 2 is 2.22 bits per heavy atom. The number of ether oxygens (including phenoxy) is 1. The van der Waals surface area contributed by atoms with E-state index in [0.29, 0.717) is 31.6 Å². The van der Waals surface area contributed by atoms with E-state index in [1.54, 1.807) is 4.90 Å². The summed E-state index contributed by atoms with van der Waals surface area (Å²) in [5.41, 5.74) is 0.472. The molecule has 1 fully saturated rings. The lowest BCUT2D eigenvalue weighted by atomic mass is 10.1. The smallest absolute Gasteiger partial charge is 0.329 e. The van der Waals surface area contributed by atoms with Crippen molar-refractivity contribution in [3.63, 3.8) is 0 Å². The van der Waals surface area contributed by atoms with E-state index >= 15 is 0 Å². The SMILES string of the molecule is O=C(O)COC1CCN(C(=O)c2cnc[nH]2)CC1. The van der Waals surface area contributed by atoms with Crippen molar-refractivity contribution < 1.29 is 19.4 Å². The van der Waals surface area contributed by atoms with Crippen molar-refractivity contribution >= 4 is 11.9 Å². The van der Waals surface area contributed by atoms with Crippen LogP contribution in [0.1, 0.15) is 23.3 Å². The zero-order valence-electron chi connectivity index (χ0n) is 9.83. The number of carboxylic acid groups (broad SMARTS) is 1. The second-order valence-electron chi connectivity index (χ2n) is 4.16. The lowest BCUT2D eigenvalue weighted by Crippen LogP contribution is -2.41. The Labute approximate surface area is 104 Å². The third kappa shape index (κ3) is 3.07. The summed E-state index contributed by atoms with van der Waals surface area (Å²) in [6, 6.07) is 0. The average molecular weight is 253 g/mol. The van der Waals surface area contributed by atoms with Crippen LogP contribution in [0.3, 0.4) is 0 Å². The van der Waals surface area contributed by atoms with E-state index in [1.165, 1.54) is 12.5 Å². The Bertz CT molecular complexity index is 410. The first-order valence-corrected chi connectivity index (χ1v) is 5.78. The molecule has 7 heteroatoms. The van der Waals surface area contributed by atoms with E-state index in [1.807, 2.05) is 0 Å². The molecule has 1 saturated heterocycles. The molecular formula is C11H15N3O4. The number of imidazole rings is 1. The Hall–Kier alpha value is -1.89. The third-order valence-corrected chi connectivity index (χ3v) is 2.90. The van der Waals surface area contributed by atoms with Gasteiger partial charge < -0.3 is 19.7 Å². The predicted molar refractivity (Wildman–Crippen MR) is 61.1 cm³/mol. The summed E-state index contributed by atoms with van der Waals surface area (Å²) in [7, 11) is 0. The number of carbonyl (C=O) groups is 2. The molecule has 7 nitrogen and oxygen atoms in total. The van der Waals surface area contributed by atoms with Crippen LogP contribution < -0.4 is 0 Å². The van der Waals surface area contributed by atoms with Gasteiger partial charge in [-0.2, -0.15) is 0 Å². The molecule has 0 aliphatic carbocycles. The quantitative estimate of drug-likeness (QED) is 0.794. The predicted octanol–water partition coefficient (Wildman–Crippen LogP) is 0.115. The van der Waals surface area contributed by atoms with Gasteiger partial charge in [0, 0.05) is 13.1 Å². The van der Waals surface area contributed by atoms with Crippen LogP contribution in [0.2, 0.25) is 0 Å². The third-order valence-electron chi connectivity index (χ3n) is 2.90. The number of rotatable bonds is 4. The number of nitrogens with zero attached hydrogens (tertiary/aromatic N) is 2. The minimum Gasteiger partial charge on any atom is -0.480 e. The van der Waals surface area contributed by atoms with E-state index in [2.05, 4.69) is 9.97 Å². The van der Waals surface area contributed by atoms with Gasteiger partial charge in [-0.3, -0.25) is 4.79 Å². The topological polar surface area (TPSA) is 95.5 Å². The van der Waals surface area contributed by atoms with Gasteiger partial charge in [-0.05, 0) is 12.8 Å². The number of piperidine rings is 1. The van der Waals surface area contributed by atoms with Gasteiger partial charge in [0.2, 0.25) is 0 Å². The van der Waals surface area contributed by atoms with Gasteiger partial charge in [0.05, 0.1) is 18.6 Å². The van der Waals surface area contributed by atoms with Gasteiger partial charge in [0.25, 0.3) is 5.91 Å². The minimum atomic E-state index is -0.967. The molecule has 0 unspecified atom stereocenters. The molecule has 0 bridgehead atoms. The van der Waals surface area contributed by atoms with E-state index < -0.39 is 5.97 Å². The molecule has 0 saturated carbocycles. The summed E-state index contributed by atoms with van der Waals surface area (Å²) in [6.45, 7) is 0.865. The molecular weight excluding hydrogens is 238 g/mol. The molecule has 2 N–H and O–H groups in total. The number of aromatic amines is 1. The molecule has 2 heterocycles. The van der Waals surface area contributed by atoms with Crippen LogP contribution in [-0.2, 0) is 9.53 Å². The fourth-order valence-electron chi connectivity index (χ4n) is 1.96. The maximum absolute atomic E-state index is 12.0. The molecule has 18 heavy (non-hydrogen) atoms. The van der Waals surface area contributed by atoms with Crippen LogP contribution in [0.4, 0.5) is 0 Å². The number of aromatic nitrogens is 2. The normalized spacial score (nSPS) is 16.8. The molecule has 0 spiro atoms. The molecule has 1 aliphatic rings.